The standard InChI is InChI=1S/C25H26N2O4/c1-18-15-20(9-10-22(18)19(2)28)31-17-21-16-27(13-14-30-21)25(29)23-7-3-4-8-24(23)26-11-5-6-12-26/h3-12,15,21H,13-14,16-17H2,1-2H3. The fourth-order valence-corrected chi connectivity index (χ4v) is 3.86. The zero-order chi connectivity index (χ0) is 21.8. The number of rotatable bonds is 6. The van der Waals surface area contributed by atoms with Crippen LogP contribution in [-0.2, 0) is 4.74 Å². The number of aromatic nitrogens is 1. The molecule has 0 N–H and O–H groups in total. The van der Waals surface area contributed by atoms with Crippen LogP contribution in [0.3, 0.4) is 0 Å². The summed E-state index contributed by atoms with van der Waals surface area (Å²) in [4.78, 5) is 26.7. The first-order valence-electron chi connectivity index (χ1n) is 10.4. The van der Waals surface area contributed by atoms with Gasteiger partial charge in [-0.3, -0.25) is 9.59 Å². The number of Topliss-reactive ketones (excluding diaryl/α,β-unsaturated/α-hetero) is 1. The van der Waals surface area contributed by atoms with Gasteiger partial charge in [0.25, 0.3) is 5.91 Å². The van der Waals surface area contributed by atoms with Crippen molar-refractivity contribution in [1.29, 1.82) is 0 Å². The fourth-order valence-electron chi connectivity index (χ4n) is 3.86. The molecular weight excluding hydrogens is 392 g/mol. The highest BCUT2D eigenvalue weighted by atomic mass is 16.5. The van der Waals surface area contributed by atoms with E-state index in [-0.39, 0.29) is 17.8 Å². The number of para-hydroxylation sites is 1. The van der Waals surface area contributed by atoms with Crippen molar-refractivity contribution >= 4 is 11.7 Å². The van der Waals surface area contributed by atoms with Crippen LogP contribution in [0.1, 0.15) is 33.2 Å². The summed E-state index contributed by atoms with van der Waals surface area (Å²) in [6.07, 6.45) is 3.65. The van der Waals surface area contributed by atoms with Crippen LogP contribution in [0.15, 0.2) is 67.0 Å². The van der Waals surface area contributed by atoms with Crippen LogP contribution in [0.4, 0.5) is 0 Å². The lowest BCUT2D eigenvalue weighted by molar-refractivity contribution is -0.0401. The predicted molar refractivity (Wildman–Crippen MR) is 118 cm³/mol. The summed E-state index contributed by atoms with van der Waals surface area (Å²) in [5.74, 6) is 0.709. The van der Waals surface area contributed by atoms with Crippen molar-refractivity contribution in [1.82, 2.24) is 9.47 Å². The van der Waals surface area contributed by atoms with Gasteiger partial charge in [-0.2, -0.15) is 0 Å². The van der Waals surface area contributed by atoms with Crippen molar-refractivity contribution in [2.75, 3.05) is 26.3 Å². The zero-order valence-corrected chi connectivity index (χ0v) is 17.8. The number of ketones is 1. The summed E-state index contributed by atoms with van der Waals surface area (Å²) in [5, 5.41) is 0. The lowest BCUT2D eigenvalue weighted by atomic mass is 10.1. The Morgan fingerprint density at radius 2 is 1.84 bits per heavy atom. The number of hydrogen-bond donors (Lipinski definition) is 0. The summed E-state index contributed by atoms with van der Waals surface area (Å²) in [6.45, 7) is 5.25. The van der Waals surface area contributed by atoms with Gasteiger partial charge in [-0.05, 0) is 61.9 Å². The molecule has 31 heavy (non-hydrogen) atoms. The number of benzene rings is 2. The molecule has 2 aromatic carbocycles. The minimum absolute atomic E-state index is 0.0146. The molecule has 1 aromatic heterocycles. The first-order valence-corrected chi connectivity index (χ1v) is 10.4. The van der Waals surface area contributed by atoms with E-state index in [1.807, 2.05) is 71.2 Å². The van der Waals surface area contributed by atoms with Gasteiger partial charge in [0.15, 0.2) is 5.78 Å². The van der Waals surface area contributed by atoms with Crippen molar-refractivity contribution in [3.63, 3.8) is 0 Å². The van der Waals surface area contributed by atoms with Crippen molar-refractivity contribution in [2.24, 2.45) is 0 Å². The molecule has 1 unspecified atom stereocenters. The van der Waals surface area contributed by atoms with Gasteiger partial charge in [-0.25, -0.2) is 0 Å². The molecule has 1 saturated heterocycles. The molecule has 0 aliphatic carbocycles. The Morgan fingerprint density at radius 3 is 2.58 bits per heavy atom. The van der Waals surface area contributed by atoms with Gasteiger partial charge < -0.3 is 18.9 Å². The van der Waals surface area contributed by atoms with Gasteiger partial charge in [-0.15, -0.1) is 0 Å². The number of carbonyl (C=O) groups excluding carboxylic acids is 2. The van der Waals surface area contributed by atoms with E-state index in [1.165, 1.54) is 0 Å². The lowest BCUT2D eigenvalue weighted by Gasteiger charge is -2.33. The van der Waals surface area contributed by atoms with Gasteiger partial charge in [0.1, 0.15) is 18.5 Å². The molecule has 0 spiro atoms. The summed E-state index contributed by atoms with van der Waals surface area (Å²) in [7, 11) is 0. The molecule has 1 fully saturated rings. The number of nitrogens with zero attached hydrogens (tertiary/aromatic N) is 2. The predicted octanol–water partition coefficient (Wildman–Crippen LogP) is 3.91. The smallest absolute Gasteiger partial charge is 0.256 e. The molecule has 4 rings (SSSR count). The minimum Gasteiger partial charge on any atom is -0.491 e. The van der Waals surface area contributed by atoms with E-state index in [1.54, 1.807) is 19.1 Å². The van der Waals surface area contributed by atoms with Gasteiger partial charge in [0.05, 0.1) is 24.4 Å². The highest BCUT2D eigenvalue weighted by Gasteiger charge is 2.27. The van der Waals surface area contributed by atoms with E-state index in [2.05, 4.69) is 0 Å². The Bertz CT molecular complexity index is 1070. The van der Waals surface area contributed by atoms with Crippen LogP contribution in [-0.4, -0.2) is 53.6 Å². The topological polar surface area (TPSA) is 60.8 Å². The Morgan fingerprint density at radius 1 is 1.06 bits per heavy atom. The Kier molecular flexibility index (Phi) is 6.18. The van der Waals surface area contributed by atoms with Crippen LogP contribution in [0.2, 0.25) is 0 Å². The van der Waals surface area contributed by atoms with E-state index in [0.717, 1.165) is 11.3 Å². The molecule has 6 nitrogen and oxygen atoms in total. The van der Waals surface area contributed by atoms with Crippen LogP contribution in [0.25, 0.3) is 5.69 Å². The molecule has 1 amide bonds. The monoisotopic (exact) mass is 418 g/mol. The number of morpholine rings is 1. The summed E-state index contributed by atoms with van der Waals surface area (Å²) < 4.78 is 13.7. The molecule has 0 radical (unpaired) electrons. The third-order valence-corrected chi connectivity index (χ3v) is 5.46. The second-order valence-corrected chi connectivity index (χ2v) is 7.70. The molecule has 1 aliphatic heterocycles. The SMILES string of the molecule is CC(=O)c1ccc(OCC2CN(C(=O)c3ccccc3-n3cccc3)CCO2)cc1C. The maximum Gasteiger partial charge on any atom is 0.256 e. The molecule has 3 aromatic rings. The highest BCUT2D eigenvalue weighted by Crippen LogP contribution is 2.21. The molecule has 1 aliphatic rings. The zero-order valence-electron chi connectivity index (χ0n) is 17.8. The normalized spacial score (nSPS) is 16.2. The maximum atomic E-state index is 13.3. The molecule has 2 heterocycles. The highest BCUT2D eigenvalue weighted by molar-refractivity contribution is 5.98. The van der Waals surface area contributed by atoms with Crippen LogP contribution < -0.4 is 4.74 Å². The van der Waals surface area contributed by atoms with E-state index in [0.29, 0.717) is 43.2 Å². The second-order valence-electron chi connectivity index (χ2n) is 7.70. The van der Waals surface area contributed by atoms with E-state index >= 15 is 0 Å². The van der Waals surface area contributed by atoms with Crippen molar-refractivity contribution < 1.29 is 19.1 Å². The number of ether oxygens (including phenoxy) is 2. The third-order valence-electron chi connectivity index (χ3n) is 5.46. The minimum atomic E-state index is -0.218. The number of hydrogen-bond acceptors (Lipinski definition) is 4. The Balaban J connectivity index is 1.42. The van der Waals surface area contributed by atoms with Crippen molar-refractivity contribution in [3.8, 4) is 11.4 Å². The summed E-state index contributed by atoms with van der Waals surface area (Å²) >= 11 is 0. The number of aryl methyl sites for hydroxylation is 1. The first kappa shape index (κ1) is 20.9. The van der Waals surface area contributed by atoms with E-state index in [9.17, 15) is 9.59 Å². The molecule has 6 heteroatoms. The Hall–Kier alpha value is -3.38. The fraction of sp³-hybridized carbons (Fsp3) is 0.280. The molecule has 0 saturated carbocycles. The van der Waals surface area contributed by atoms with Crippen LogP contribution >= 0.6 is 0 Å². The summed E-state index contributed by atoms with van der Waals surface area (Å²) in [6, 6.07) is 16.9. The number of carbonyl (C=O) groups is 2. The van der Waals surface area contributed by atoms with Crippen LogP contribution in [0.5, 0.6) is 5.75 Å². The quantitative estimate of drug-likeness (QED) is 0.570. The van der Waals surface area contributed by atoms with Crippen molar-refractivity contribution in [2.45, 2.75) is 20.0 Å². The van der Waals surface area contributed by atoms with Gasteiger partial charge >= 0.3 is 0 Å². The largest absolute Gasteiger partial charge is 0.491 e. The average molecular weight is 418 g/mol. The average Bonchev–Trinajstić information content (AvgIpc) is 3.32. The number of amides is 1. The third kappa shape index (κ3) is 4.70. The molecular formula is C25H26N2O4. The second kappa shape index (κ2) is 9.18. The van der Waals surface area contributed by atoms with Gasteiger partial charge in [0, 0.05) is 24.5 Å². The van der Waals surface area contributed by atoms with Crippen LogP contribution in [0, 0.1) is 6.92 Å². The van der Waals surface area contributed by atoms with E-state index in [4.69, 9.17) is 9.47 Å². The van der Waals surface area contributed by atoms with Gasteiger partial charge in [0.2, 0.25) is 0 Å². The lowest BCUT2D eigenvalue weighted by Crippen LogP contribution is -2.47. The molecule has 1 atom stereocenters. The van der Waals surface area contributed by atoms with E-state index < -0.39 is 0 Å². The van der Waals surface area contributed by atoms with Crippen molar-refractivity contribution in [3.05, 3.63) is 83.7 Å². The first-order chi connectivity index (χ1) is 15.0. The molecule has 0 bridgehead atoms. The summed E-state index contributed by atoms with van der Waals surface area (Å²) in [5.41, 5.74) is 3.10. The Labute approximate surface area is 182 Å². The molecule has 160 valence electrons. The maximum absolute atomic E-state index is 13.3. The van der Waals surface area contributed by atoms with Gasteiger partial charge in [-0.1, -0.05) is 12.1 Å².